The number of pyridine rings is 1. The van der Waals surface area contributed by atoms with E-state index in [1.165, 1.54) is 0 Å². The molecule has 0 aliphatic rings. The van der Waals surface area contributed by atoms with Crippen LogP contribution in [0.25, 0.3) is 0 Å². The zero-order chi connectivity index (χ0) is 8.97. The fourth-order valence-corrected chi connectivity index (χ4v) is 1.28. The number of nitrogens with zero attached hydrogens (tertiary/aromatic N) is 1. The summed E-state index contributed by atoms with van der Waals surface area (Å²) in [6.45, 7) is 3.65. The second kappa shape index (κ2) is 4.35. The van der Waals surface area contributed by atoms with E-state index in [0.29, 0.717) is 0 Å². The van der Waals surface area contributed by atoms with Crippen LogP contribution in [0.1, 0.15) is 11.6 Å². The van der Waals surface area contributed by atoms with Crippen LogP contribution in [-0.2, 0) is 0 Å². The van der Waals surface area contributed by atoms with E-state index < -0.39 is 0 Å². The number of nitrogens with two attached hydrogens (primary N) is 1. The minimum absolute atomic E-state index is 0.0463. The lowest BCUT2D eigenvalue weighted by atomic mass is 10.1. The number of rotatable bonds is 3. The molecule has 0 spiro atoms. The molecule has 0 aliphatic carbocycles. The maximum Gasteiger partial charge on any atom is 0.0653 e. The molecule has 1 aromatic heterocycles. The van der Waals surface area contributed by atoms with Crippen molar-refractivity contribution in [3.8, 4) is 0 Å². The summed E-state index contributed by atoms with van der Waals surface area (Å²) in [5.74, 6) is 5.30. The van der Waals surface area contributed by atoms with Crippen LogP contribution in [0.2, 0.25) is 0 Å². The Morgan fingerprint density at radius 2 is 2.42 bits per heavy atom. The molecule has 3 N–H and O–H groups in total. The summed E-state index contributed by atoms with van der Waals surface area (Å²) in [6.07, 6.45) is 5.20. The van der Waals surface area contributed by atoms with Crippen LogP contribution in [0.15, 0.2) is 35.6 Å². The third kappa shape index (κ3) is 2.14. The molecule has 0 amide bonds. The number of hydrogen-bond donors (Lipinski definition) is 2. The van der Waals surface area contributed by atoms with Gasteiger partial charge < -0.3 is 0 Å². The predicted molar refractivity (Wildman–Crippen MR) is 52.2 cm³/mol. The van der Waals surface area contributed by atoms with E-state index in [-0.39, 0.29) is 6.04 Å². The van der Waals surface area contributed by atoms with E-state index in [1.807, 2.05) is 6.07 Å². The quantitative estimate of drug-likeness (QED) is 0.468. The van der Waals surface area contributed by atoms with Crippen molar-refractivity contribution in [2.75, 3.05) is 0 Å². The normalized spacial score (nSPS) is 12.5. The summed E-state index contributed by atoms with van der Waals surface area (Å²) in [7, 11) is 0. The highest BCUT2D eigenvalue weighted by Gasteiger charge is 2.04. The van der Waals surface area contributed by atoms with Crippen LogP contribution in [0.5, 0.6) is 0 Å². The van der Waals surface area contributed by atoms with Crippen molar-refractivity contribution in [1.82, 2.24) is 10.4 Å². The van der Waals surface area contributed by atoms with E-state index in [9.17, 15) is 0 Å². The van der Waals surface area contributed by atoms with Gasteiger partial charge in [-0.3, -0.25) is 10.8 Å². The molecule has 4 heteroatoms. The number of nitrogens with one attached hydrogen (secondary N) is 1. The third-order valence-corrected chi connectivity index (χ3v) is 1.93. The van der Waals surface area contributed by atoms with E-state index >= 15 is 0 Å². The molecule has 1 aromatic rings. The van der Waals surface area contributed by atoms with E-state index in [4.69, 9.17) is 5.84 Å². The molecule has 1 rings (SSSR count). The van der Waals surface area contributed by atoms with Crippen LogP contribution >= 0.6 is 15.9 Å². The maximum absolute atomic E-state index is 5.30. The summed E-state index contributed by atoms with van der Waals surface area (Å²) in [4.78, 5) is 4.01. The molecule has 0 fully saturated rings. The Hall–Kier alpha value is -0.710. The van der Waals surface area contributed by atoms with Gasteiger partial charge in [-0.2, -0.15) is 0 Å². The Morgan fingerprint density at radius 3 is 2.92 bits per heavy atom. The summed E-state index contributed by atoms with van der Waals surface area (Å²) < 4.78 is 0.933. The molecule has 0 saturated carbocycles. The van der Waals surface area contributed by atoms with E-state index in [0.717, 1.165) is 10.0 Å². The molecule has 1 unspecified atom stereocenters. The fraction of sp³-hybridized carbons (Fsp3) is 0.125. The van der Waals surface area contributed by atoms with Crippen LogP contribution in [-0.4, -0.2) is 4.98 Å². The monoisotopic (exact) mass is 227 g/mol. The third-order valence-electron chi connectivity index (χ3n) is 1.50. The van der Waals surface area contributed by atoms with Gasteiger partial charge in [0.1, 0.15) is 0 Å². The molecule has 0 aromatic carbocycles. The van der Waals surface area contributed by atoms with Gasteiger partial charge in [0.15, 0.2) is 0 Å². The van der Waals surface area contributed by atoms with Crippen molar-refractivity contribution >= 4 is 15.9 Å². The summed E-state index contributed by atoms with van der Waals surface area (Å²) >= 11 is 3.32. The van der Waals surface area contributed by atoms with Gasteiger partial charge >= 0.3 is 0 Å². The van der Waals surface area contributed by atoms with Crippen LogP contribution in [0.3, 0.4) is 0 Å². The van der Waals surface area contributed by atoms with Gasteiger partial charge in [-0.25, -0.2) is 5.43 Å². The van der Waals surface area contributed by atoms with Gasteiger partial charge in [0.05, 0.1) is 6.04 Å². The van der Waals surface area contributed by atoms with Crippen molar-refractivity contribution in [3.05, 3.63) is 41.2 Å². The number of halogens is 1. The highest BCUT2D eigenvalue weighted by Crippen LogP contribution is 2.16. The van der Waals surface area contributed by atoms with Gasteiger partial charge in [-0.1, -0.05) is 6.08 Å². The minimum Gasteiger partial charge on any atom is -0.271 e. The second-order valence-electron chi connectivity index (χ2n) is 2.32. The highest BCUT2D eigenvalue weighted by atomic mass is 79.9. The summed E-state index contributed by atoms with van der Waals surface area (Å²) in [6, 6.07) is 1.90. The first-order valence-corrected chi connectivity index (χ1v) is 4.26. The number of hydrazine groups is 1. The lowest BCUT2D eigenvalue weighted by Gasteiger charge is -2.10. The van der Waals surface area contributed by atoms with Crippen LogP contribution in [0.4, 0.5) is 0 Å². The van der Waals surface area contributed by atoms with Crippen molar-refractivity contribution in [1.29, 1.82) is 0 Å². The Morgan fingerprint density at radius 1 is 1.67 bits per heavy atom. The van der Waals surface area contributed by atoms with Gasteiger partial charge in [-0.15, -0.1) is 6.58 Å². The predicted octanol–water partition coefficient (Wildman–Crippen LogP) is 1.53. The smallest absolute Gasteiger partial charge is 0.0653 e. The first kappa shape index (κ1) is 9.38. The Kier molecular flexibility index (Phi) is 3.40. The standard InChI is InChI=1S/C8H10BrN3/c1-2-8(12-10)6-3-7(9)5-11-4-6/h2-5,8,12H,1,10H2. The van der Waals surface area contributed by atoms with Gasteiger partial charge in [0, 0.05) is 16.9 Å². The van der Waals surface area contributed by atoms with Crippen molar-refractivity contribution in [3.63, 3.8) is 0 Å². The zero-order valence-corrected chi connectivity index (χ0v) is 8.08. The highest BCUT2D eigenvalue weighted by molar-refractivity contribution is 9.10. The molecule has 0 bridgehead atoms. The molecule has 3 nitrogen and oxygen atoms in total. The van der Waals surface area contributed by atoms with Crippen molar-refractivity contribution in [2.45, 2.75) is 6.04 Å². The summed E-state index contributed by atoms with van der Waals surface area (Å²) in [5, 5.41) is 0. The largest absolute Gasteiger partial charge is 0.271 e. The van der Waals surface area contributed by atoms with Gasteiger partial charge in [0.2, 0.25) is 0 Å². The SMILES string of the molecule is C=CC(NN)c1cncc(Br)c1. The molecule has 0 radical (unpaired) electrons. The maximum atomic E-state index is 5.30. The first-order chi connectivity index (χ1) is 5.77. The zero-order valence-electron chi connectivity index (χ0n) is 6.50. The van der Waals surface area contributed by atoms with Crippen molar-refractivity contribution < 1.29 is 0 Å². The second-order valence-corrected chi connectivity index (χ2v) is 3.23. The molecular weight excluding hydrogens is 218 g/mol. The van der Waals surface area contributed by atoms with E-state index in [2.05, 4.69) is 32.9 Å². The molecule has 1 heterocycles. The number of aromatic nitrogens is 1. The van der Waals surface area contributed by atoms with Crippen molar-refractivity contribution in [2.24, 2.45) is 5.84 Å². The Bertz CT molecular complexity index is 275. The molecular formula is C8H10BrN3. The molecule has 0 aliphatic heterocycles. The number of hydrogen-bond acceptors (Lipinski definition) is 3. The lowest BCUT2D eigenvalue weighted by Crippen LogP contribution is -2.26. The minimum atomic E-state index is -0.0463. The summed E-state index contributed by atoms with van der Waals surface area (Å²) in [5.41, 5.74) is 3.60. The Balaban J connectivity index is 2.93. The van der Waals surface area contributed by atoms with Crippen LogP contribution in [0, 0.1) is 0 Å². The molecule has 0 saturated heterocycles. The average molecular weight is 228 g/mol. The molecule has 12 heavy (non-hydrogen) atoms. The van der Waals surface area contributed by atoms with Crippen LogP contribution < -0.4 is 11.3 Å². The topological polar surface area (TPSA) is 50.9 Å². The fourth-order valence-electron chi connectivity index (χ4n) is 0.899. The lowest BCUT2D eigenvalue weighted by molar-refractivity contribution is 0.654. The van der Waals surface area contributed by atoms with Gasteiger partial charge in [-0.05, 0) is 27.6 Å². The Labute approximate surface area is 79.8 Å². The molecule has 64 valence electrons. The first-order valence-electron chi connectivity index (χ1n) is 3.47. The molecule has 1 atom stereocenters. The average Bonchev–Trinajstić information content (AvgIpc) is 2.07. The van der Waals surface area contributed by atoms with E-state index in [1.54, 1.807) is 18.5 Å². The van der Waals surface area contributed by atoms with Gasteiger partial charge in [0.25, 0.3) is 0 Å².